The summed E-state index contributed by atoms with van der Waals surface area (Å²) in [6, 6.07) is 13.8. The number of rotatable bonds is 7. The number of benzene rings is 3. The predicted octanol–water partition coefficient (Wildman–Crippen LogP) is 6.28. The molecule has 1 aliphatic heterocycles. The summed E-state index contributed by atoms with van der Waals surface area (Å²) in [6.45, 7) is 3.66. The molecule has 9 nitrogen and oxygen atoms in total. The van der Waals surface area contributed by atoms with E-state index in [1.54, 1.807) is 50.2 Å². The Morgan fingerprint density at radius 2 is 1.92 bits per heavy atom. The molecule has 1 aliphatic rings. The van der Waals surface area contributed by atoms with Gasteiger partial charge in [-0.25, -0.2) is 14.6 Å². The minimum atomic E-state index is -0.682. The van der Waals surface area contributed by atoms with Crippen LogP contribution in [0.1, 0.15) is 34.0 Å². The molecule has 0 amide bonds. The fourth-order valence-corrected chi connectivity index (χ4v) is 4.12. The van der Waals surface area contributed by atoms with Gasteiger partial charge in [0, 0.05) is 22.2 Å². The van der Waals surface area contributed by atoms with Crippen molar-refractivity contribution in [1.82, 2.24) is 0 Å². The van der Waals surface area contributed by atoms with E-state index in [1.807, 2.05) is 0 Å². The van der Waals surface area contributed by atoms with Crippen molar-refractivity contribution < 1.29 is 28.7 Å². The van der Waals surface area contributed by atoms with Crippen LogP contribution in [0.2, 0.25) is 5.02 Å². The van der Waals surface area contributed by atoms with Gasteiger partial charge >= 0.3 is 11.9 Å². The highest BCUT2D eigenvalue weighted by molar-refractivity contribution is 9.10. The van der Waals surface area contributed by atoms with E-state index in [-0.39, 0.29) is 28.8 Å². The number of ether oxygens (including phenoxy) is 3. The zero-order valence-electron chi connectivity index (χ0n) is 19.5. The summed E-state index contributed by atoms with van der Waals surface area (Å²) >= 11 is 9.29. The third-order valence-corrected chi connectivity index (χ3v) is 6.01. The largest absolute Gasteiger partial charge is 0.490 e. The van der Waals surface area contributed by atoms with E-state index >= 15 is 0 Å². The quantitative estimate of drug-likeness (QED) is 0.105. The third kappa shape index (κ3) is 5.87. The Bertz CT molecular complexity index is 1480. The van der Waals surface area contributed by atoms with Gasteiger partial charge in [-0.1, -0.05) is 11.6 Å². The van der Waals surface area contributed by atoms with Crippen LogP contribution in [0, 0.1) is 17.0 Å². The van der Waals surface area contributed by atoms with Gasteiger partial charge in [0.1, 0.15) is 0 Å². The number of hydrogen-bond donors (Lipinski definition) is 0. The first-order chi connectivity index (χ1) is 17.7. The van der Waals surface area contributed by atoms with Crippen LogP contribution in [0.4, 0.5) is 5.69 Å². The summed E-state index contributed by atoms with van der Waals surface area (Å²) in [5.41, 5.74) is 1.65. The van der Waals surface area contributed by atoms with Gasteiger partial charge in [-0.2, -0.15) is 0 Å². The molecule has 0 atom stereocenters. The molecule has 3 aromatic rings. The van der Waals surface area contributed by atoms with Gasteiger partial charge in [0.2, 0.25) is 5.90 Å². The zero-order chi connectivity index (χ0) is 26.7. The van der Waals surface area contributed by atoms with Gasteiger partial charge < -0.3 is 14.2 Å². The van der Waals surface area contributed by atoms with Crippen LogP contribution >= 0.6 is 27.5 Å². The van der Waals surface area contributed by atoms with Crippen molar-refractivity contribution in [3.8, 4) is 11.5 Å². The van der Waals surface area contributed by atoms with Crippen molar-refractivity contribution in [2.24, 2.45) is 4.99 Å². The minimum absolute atomic E-state index is 0.0197. The van der Waals surface area contributed by atoms with Crippen LogP contribution in [-0.2, 0) is 9.53 Å². The lowest BCUT2D eigenvalue weighted by Crippen LogP contribution is -2.10. The second-order valence-electron chi connectivity index (χ2n) is 7.75. The molecule has 3 aromatic carbocycles. The van der Waals surface area contributed by atoms with E-state index < -0.39 is 16.9 Å². The van der Waals surface area contributed by atoms with Crippen molar-refractivity contribution in [2.75, 3.05) is 6.61 Å². The maximum Gasteiger partial charge on any atom is 0.363 e. The van der Waals surface area contributed by atoms with E-state index in [1.165, 1.54) is 24.3 Å². The van der Waals surface area contributed by atoms with Crippen LogP contribution in [0.25, 0.3) is 6.08 Å². The molecule has 0 N–H and O–H groups in total. The van der Waals surface area contributed by atoms with Gasteiger partial charge in [0.15, 0.2) is 17.2 Å². The molecule has 0 spiro atoms. The summed E-state index contributed by atoms with van der Waals surface area (Å²) in [6.07, 6.45) is 1.49. The van der Waals surface area contributed by atoms with Crippen molar-refractivity contribution in [2.45, 2.75) is 13.8 Å². The normalized spacial score (nSPS) is 13.8. The molecule has 0 aromatic heterocycles. The lowest BCUT2D eigenvalue weighted by Gasteiger charge is -2.13. The molecule has 0 fully saturated rings. The second kappa shape index (κ2) is 10.9. The predicted molar refractivity (Wildman–Crippen MR) is 140 cm³/mol. The summed E-state index contributed by atoms with van der Waals surface area (Å²) in [5.74, 6) is -0.808. The Kier molecular flexibility index (Phi) is 7.70. The minimum Gasteiger partial charge on any atom is -0.490 e. The van der Waals surface area contributed by atoms with Crippen molar-refractivity contribution in [3.05, 3.63) is 102 Å². The summed E-state index contributed by atoms with van der Waals surface area (Å²) < 4.78 is 16.9. The van der Waals surface area contributed by atoms with Gasteiger partial charge in [-0.05, 0) is 89.9 Å². The molecule has 11 heteroatoms. The van der Waals surface area contributed by atoms with Crippen LogP contribution in [0.3, 0.4) is 0 Å². The SMILES string of the molecule is CCOc1cc(/C=C2\N=C(c3ccc([N+](=O)[O-])c(C)c3)OC2=O)cc(Br)c1OC(=O)c1ccc(Cl)cc1. The fraction of sp³-hybridized carbons (Fsp3) is 0.115. The maximum atomic E-state index is 12.6. The number of nitro benzene ring substituents is 1. The molecule has 1 heterocycles. The number of nitrogens with zero attached hydrogens (tertiary/aromatic N) is 2. The number of nitro groups is 1. The summed E-state index contributed by atoms with van der Waals surface area (Å²) in [7, 11) is 0. The highest BCUT2D eigenvalue weighted by Gasteiger charge is 2.26. The highest BCUT2D eigenvalue weighted by Crippen LogP contribution is 2.38. The molecule has 37 heavy (non-hydrogen) atoms. The number of cyclic esters (lactones) is 1. The molecule has 0 saturated heterocycles. The fourth-order valence-electron chi connectivity index (χ4n) is 3.45. The van der Waals surface area contributed by atoms with Crippen LogP contribution in [-0.4, -0.2) is 29.4 Å². The highest BCUT2D eigenvalue weighted by atomic mass is 79.9. The van der Waals surface area contributed by atoms with E-state index in [2.05, 4.69) is 20.9 Å². The number of carbonyl (C=O) groups is 2. The third-order valence-electron chi connectivity index (χ3n) is 5.17. The molecule has 0 aliphatic carbocycles. The van der Waals surface area contributed by atoms with Crippen LogP contribution < -0.4 is 9.47 Å². The average molecular weight is 586 g/mol. The molecular weight excluding hydrogens is 568 g/mol. The summed E-state index contributed by atoms with van der Waals surface area (Å²) in [4.78, 5) is 39.9. The molecule has 4 rings (SSSR count). The first-order valence-electron chi connectivity index (χ1n) is 10.9. The average Bonchev–Trinajstić information content (AvgIpc) is 3.21. The van der Waals surface area contributed by atoms with E-state index in [0.29, 0.717) is 38.4 Å². The molecular formula is C26H18BrClN2O7. The van der Waals surface area contributed by atoms with Gasteiger partial charge in [-0.3, -0.25) is 10.1 Å². The van der Waals surface area contributed by atoms with E-state index in [9.17, 15) is 19.7 Å². The number of aliphatic imine (C=N–C) groups is 1. The Morgan fingerprint density at radius 3 is 2.57 bits per heavy atom. The Labute approximate surface area is 224 Å². The van der Waals surface area contributed by atoms with E-state index in [4.69, 9.17) is 25.8 Å². The standard InChI is InChI=1S/C26H18BrClN2O7/c1-3-35-22-13-15(11-19(27)23(22)36-25(31)16-4-7-18(28)8-5-16)12-20-26(32)37-24(29-20)17-6-9-21(30(33)34)14(2)10-17/h4-13H,3H2,1-2H3/b20-12-. The molecule has 0 radical (unpaired) electrons. The van der Waals surface area contributed by atoms with Gasteiger partial charge in [0.05, 0.1) is 21.6 Å². The molecule has 0 saturated carbocycles. The lowest BCUT2D eigenvalue weighted by atomic mass is 10.1. The maximum absolute atomic E-state index is 12.6. The smallest absolute Gasteiger partial charge is 0.363 e. The number of halogens is 2. The Balaban J connectivity index is 1.64. The number of hydrogen-bond acceptors (Lipinski definition) is 8. The number of esters is 2. The monoisotopic (exact) mass is 584 g/mol. The topological polar surface area (TPSA) is 117 Å². The molecule has 0 unspecified atom stereocenters. The number of aryl methyl sites for hydroxylation is 1. The lowest BCUT2D eigenvalue weighted by molar-refractivity contribution is -0.385. The molecule has 188 valence electrons. The Morgan fingerprint density at radius 1 is 1.19 bits per heavy atom. The van der Waals surface area contributed by atoms with Crippen LogP contribution in [0.15, 0.2) is 69.8 Å². The van der Waals surface area contributed by atoms with E-state index in [0.717, 1.165) is 0 Å². The zero-order valence-corrected chi connectivity index (χ0v) is 21.8. The first-order valence-corrected chi connectivity index (χ1v) is 12.1. The van der Waals surface area contributed by atoms with Crippen LogP contribution in [0.5, 0.6) is 11.5 Å². The summed E-state index contributed by atoms with van der Waals surface area (Å²) in [5, 5.41) is 11.6. The second-order valence-corrected chi connectivity index (χ2v) is 9.04. The Hall–Kier alpha value is -4.02. The van der Waals surface area contributed by atoms with Crippen molar-refractivity contribution in [3.63, 3.8) is 0 Å². The molecule has 0 bridgehead atoms. The number of carbonyl (C=O) groups excluding carboxylic acids is 2. The first kappa shape index (κ1) is 26.1. The van der Waals surface area contributed by atoms with Gasteiger partial charge in [0.25, 0.3) is 5.69 Å². The van der Waals surface area contributed by atoms with Crippen molar-refractivity contribution in [1.29, 1.82) is 0 Å². The van der Waals surface area contributed by atoms with Crippen molar-refractivity contribution >= 4 is 57.1 Å². The van der Waals surface area contributed by atoms with Gasteiger partial charge in [-0.15, -0.1) is 0 Å².